The van der Waals surface area contributed by atoms with E-state index >= 15 is 0 Å². The first-order valence-electron chi connectivity index (χ1n) is 4.96. The summed E-state index contributed by atoms with van der Waals surface area (Å²) in [5.74, 6) is -0.942. The first-order chi connectivity index (χ1) is 8.54. The second kappa shape index (κ2) is 5.03. The Kier molecular flexibility index (Phi) is 3.63. The standard InChI is InChI=1S/C11H10BrN3O2S/c1-18-10-8(11(16)17)9(13)15(14-10)7-4-2-3-6(12)5-7/h2-5H,13H2,1H3,(H,16,17). The Bertz CT molecular complexity index is 612. The lowest BCUT2D eigenvalue weighted by Crippen LogP contribution is -2.05. The number of carbonyl (C=O) groups is 1. The van der Waals surface area contributed by atoms with E-state index in [0.717, 1.165) is 4.47 Å². The van der Waals surface area contributed by atoms with Crippen LogP contribution in [0.2, 0.25) is 0 Å². The van der Waals surface area contributed by atoms with Gasteiger partial charge in [0, 0.05) is 4.47 Å². The summed E-state index contributed by atoms with van der Waals surface area (Å²) in [6.45, 7) is 0. The molecule has 0 saturated heterocycles. The van der Waals surface area contributed by atoms with E-state index in [2.05, 4.69) is 21.0 Å². The van der Waals surface area contributed by atoms with Crippen LogP contribution >= 0.6 is 27.7 Å². The van der Waals surface area contributed by atoms with Crippen molar-refractivity contribution in [1.82, 2.24) is 9.78 Å². The zero-order chi connectivity index (χ0) is 13.3. The molecule has 94 valence electrons. The Labute approximate surface area is 116 Å². The average Bonchev–Trinajstić information content (AvgIpc) is 2.66. The van der Waals surface area contributed by atoms with Gasteiger partial charge in [0.05, 0.1) is 5.69 Å². The maximum atomic E-state index is 11.2. The number of benzene rings is 1. The molecule has 18 heavy (non-hydrogen) atoms. The van der Waals surface area contributed by atoms with E-state index in [4.69, 9.17) is 10.8 Å². The molecule has 7 heteroatoms. The summed E-state index contributed by atoms with van der Waals surface area (Å²) in [6, 6.07) is 7.33. The van der Waals surface area contributed by atoms with E-state index in [1.54, 1.807) is 6.26 Å². The van der Waals surface area contributed by atoms with Crippen molar-refractivity contribution in [1.29, 1.82) is 0 Å². The van der Waals surface area contributed by atoms with Gasteiger partial charge >= 0.3 is 5.97 Å². The summed E-state index contributed by atoms with van der Waals surface area (Å²) in [4.78, 5) is 11.2. The number of nitrogens with zero attached hydrogens (tertiary/aromatic N) is 2. The Balaban J connectivity index is 2.63. The topological polar surface area (TPSA) is 81.1 Å². The molecular formula is C11H10BrN3O2S. The molecule has 3 N–H and O–H groups in total. The maximum Gasteiger partial charge on any atom is 0.342 e. The van der Waals surface area contributed by atoms with Crippen LogP contribution in [-0.4, -0.2) is 27.1 Å². The molecule has 1 aromatic heterocycles. The number of carboxylic acids is 1. The van der Waals surface area contributed by atoms with Crippen LogP contribution in [0.3, 0.4) is 0 Å². The van der Waals surface area contributed by atoms with Crippen LogP contribution < -0.4 is 5.73 Å². The molecular weight excluding hydrogens is 318 g/mol. The average molecular weight is 328 g/mol. The maximum absolute atomic E-state index is 11.2. The second-order valence-corrected chi connectivity index (χ2v) is 5.18. The molecule has 1 heterocycles. The van der Waals surface area contributed by atoms with E-state index in [0.29, 0.717) is 10.7 Å². The van der Waals surface area contributed by atoms with Gasteiger partial charge in [0.25, 0.3) is 0 Å². The van der Waals surface area contributed by atoms with E-state index < -0.39 is 5.97 Å². The molecule has 0 aliphatic rings. The third-order valence-electron chi connectivity index (χ3n) is 2.35. The van der Waals surface area contributed by atoms with Crippen molar-refractivity contribution in [2.24, 2.45) is 0 Å². The fourth-order valence-corrected chi connectivity index (χ4v) is 2.51. The molecule has 5 nitrogen and oxygen atoms in total. The minimum Gasteiger partial charge on any atom is -0.477 e. The molecule has 0 radical (unpaired) electrons. The summed E-state index contributed by atoms with van der Waals surface area (Å²) < 4.78 is 2.30. The number of aromatic nitrogens is 2. The Morgan fingerprint density at radius 1 is 1.56 bits per heavy atom. The van der Waals surface area contributed by atoms with Gasteiger partial charge in [-0.15, -0.1) is 11.8 Å². The third-order valence-corrected chi connectivity index (χ3v) is 3.51. The first kappa shape index (κ1) is 13.0. The predicted octanol–water partition coefficient (Wildman–Crippen LogP) is 2.64. The number of anilines is 1. The molecule has 0 aliphatic carbocycles. The molecule has 2 aromatic rings. The zero-order valence-electron chi connectivity index (χ0n) is 9.42. The van der Waals surface area contributed by atoms with Crippen molar-refractivity contribution >= 4 is 39.5 Å². The van der Waals surface area contributed by atoms with Crippen molar-refractivity contribution in [3.05, 3.63) is 34.3 Å². The normalized spacial score (nSPS) is 10.6. The minimum absolute atomic E-state index is 0.0440. The van der Waals surface area contributed by atoms with Gasteiger partial charge in [-0.3, -0.25) is 0 Å². The monoisotopic (exact) mass is 327 g/mol. The highest BCUT2D eigenvalue weighted by Crippen LogP contribution is 2.27. The van der Waals surface area contributed by atoms with Crippen LogP contribution in [0.25, 0.3) is 5.69 Å². The van der Waals surface area contributed by atoms with Gasteiger partial charge in [0.1, 0.15) is 16.4 Å². The Morgan fingerprint density at radius 3 is 2.78 bits per heavy atom. The lowest BCUT2D eigenvalue weighted by atomic mass is 10.3. The fraction of sp³-hybridized carbons (Fsp3) is 0.0909. The number of thioether (sulfide) groups is 1. The number of aromatic carboxylic acids is 1. The highest BCUT2D eigenvalue weighted by atomic mass is 79.9. The number of carboxylic acid groups (broad SMARTS) is 1. The van der Waals surface area contributed by atoms with E-state index in [1.165, 1.54) is 16.4 Å². The van der Waals surface area contributed by atoms with Crippen LogP contribution in [-0.2, 0) is 0 Å². The lowest BCUT2D eigenvalue weighted by molar-refractivity contribution is 0.0694. The van der Waals surface area contributed by atoms with Crippen LogP contribution in [0, 0.1) is 0 Å². The van der Waals surface area contributed by atoms with Crippen molar-refractivity contribution < 1.29 is 9.90 Å². The molecule has 0 amide bonds. The number of hydrogen-bond acceptors (Lipinski definition) is 4. The van der Waals surface area contributed by atoms with Gasteiger partial charge in [-0.1, -0.05) is 22.0 Å². The number of hydrogen-bond donors (Lipinski definition) is 2. The Hall–Kier alpha value is -1.47. The zero-order valence-corrected chi connectivity index (χ0v) is 11.8. The first-order valence-corrected chi connectivity index (χ1v) is 6.98. The van der Waals surface area contributed by atoms with Gasteiger partial charge < -0.3 is 10.8 Å². The van der Waals surface area contributed by atoms with Crippen LogP contribution in [0.5, 0.6) is 0 Å². The summed E-state index contributed by atoms with van der Waals surface area (Å²) in [6.07, 6.45) is 1.76. The van der Waals surface area contributed by atoms with Gasteiger partial charge in [0.2, 0.25) is 0 Å². The summed E-state index contributed by atoms with van der Waals surface area (Å²) in [7, 11) is 0. The van der Waals surface area contributed by atoms with Crippen LogP contribution in [0.4, 0.5) is 5.82 Å². The smallest absolute Gasteiger partial charge is 0.342 e. The van der Waals surface area contributed by atoms with Crippen LogP contribution in [0.15, 0.2) is 33.8 Å². The fourth-order valence-electron chi connectivity index (χ4n) is 1.56. The van der Waals surface area contributed by atoms with E-state index in [1.807, 2.05) is 24.3 Å². The molecule has 1 aromatic carbocycles. The molecule has 0 bridgehead atoms. The lowest BCUT2D eigenvalue weighted by Gasteiger charge is -2.04. The SMILES string of the molecule is CSc1nn(-c2cccc(Br)c2)c(N)c1C(=O)O. The molecule has 0 atom stereocenters. The van der Waals surface area contributed by atoms with Gasteiger partial charge in [-0.05, 0) is 24.5 Å². The number of nitrogen functional groups attached to an aromatic ring is 1. The molecule has 0 fully saturated rings. The van der Waals surface area contributed by atoms with Crippen molar-refractivity contribution in [2.75, 3.05) is 12.0 Å². The van der Waals surface area contributed by atoms with Crippen molar-refractivity contribution in [2.45, 2.75) is 5.03 Å². The number of nitrogens with two attached hydrogens (primary N) is 1. The third kappa shape index (κ3) is 2.23. The molecule has 0 spiro atoms. The molecule has 0 unspecified atom stereocenters. The molecule has 2 rings (SSSR count). The van der Waals surface area contributed by atoms with E-state index in [9.17, 15) is 4.79 Å². The second-order valence-electron chi connectivity index (χ2n) is 3.47. The summed E-state index contributed by atoms with van der Waals surface area (Å²) in [5, 5.41) is 13.8. The van der Waals surface area contributed by atoms with Crippen molar-refractivity contribution in [3.63, 3.8) is 0 Å². The quantitative estimate of drug-likeness (QED) is 0.847. The predicted molar refractivity (Wildman–Crippen MR) is 74.4 cm³/mol. The summed E-state index contributed by atoms with van der Waals surface area (Å²) in [5.41, 5.74) is 6.61. The van der Waals surface area contributed by atoms with Crippen LogP contribution in [0.1, 0.15) is 10.4 Å². The highest BCUT2D eigenvalue weighted by Gasteiger charge is 2.21. The minimum atomic E-state index is -1.07. The van der Waals surface area contributed by atoms with Gasteiger partial charge in [-0.2, -0.15) is 5.10 Å². The number of rotatable bonds is 3. The van der Waals surface area contributed by atoms with Gasteiger partial charge in [0.15, 0.2) is 0 Å². The highest BCUT2D eigenvalue weighted by molar-refractivity contribution is 9.10. The largest absolute Gasteiger partial charge is 0.477 e. The number of halogens is 1. The Morgan fingerprint density at radius 2 is 2.28 bits per heavy atom. The van der Waals surface area contributed by atoms with Crippen molar-refractivity contribution in [3.8, 4) is 5.69 Å². The van der Waals surface area contributed by atoms with E-state index in [-0.39, 0.29) is 11.4 Å². The molecule has 0 saturated carbocycles. The molecule has 0 aliphatic heterocycles. The van der Waals surface area contributed by atoms with Gasteiger partial charge in [-0.25, -0.2) is 9.48 Å². The summed E-state index contributed by atoms with van der Waals surface area (Å²) >= 11 is 4.60.